The zero-order chi connectivity index (χ0) is 20.5. The average Bonchev–Trinajstić information content (AvgIpc) is 3.25. The molecule has 2 N–H and O–H groups in total. The van der Waals surface area contributed by atoms with Crippen LogP contribution in [0.15, 0.2) is 53.3 Å². The number of carbonyl (C=O) groups excluding carboxylic acids is 1. The van der Waals surface area contributed by atoms with Gasteiger partial charge in [-0.3, -0.25) is 14.5 Å². The van der Waals surface area contributed by atoms with Crippen molar-refractivity contribution in [1.82, 2.24) is 14.8 Å². The summed E-state index contributed by atoms with van der Waals surface area (Å²) < 4.78 is 1.81. The number of fused-ring (bicyclic) bond motifs is 3. The molecule has 5 atom stereocenters. The summed E-state index contributed by atoms with van der Waals surface area (Å²) in [5.74, 6) is -0.189. The topological polar surface area (TPSA) is 74.6 Å². The molecule has 2 aromatic rings. The Morgan fingerprint density at radius 2 is 1.97 bits per heavy atom. The summed E-state index contributed by atoms with van der Waals surface area (Å²) in [4.78, 5) is 27.9. The van der Waals surface area contributed by atoms with Crippen LogP contribution < -0.4 is 10.9 Å². The number of pyridine rings is 1. The van der Waals surface area contributed by atoms with Gasteiger partial charge < -0.3 is 15.0 Å². The standard InChI is InChI=1S/C23H29N3O3/c1-3-12-25-21-17(13-26-19(21)10-7-11-20(26)28)18(14-27)22(25)23(29)24-15(2)16-8-5-4-6-9-16/h4-11,15,17-18,21-22,27H,3,12-14H2,1-2H3,(H,24,29)/t15-,17+,18+,21-,22+/m0/s1. The number of benzene rings is 1. The van der Waals surface area contributed by atoms with E-state index in [0.717, 1.165) is 24.2 Å². The number of rotatable bonds is 6. The highest BCUT2D eigenvalue weighted by atomic mass is 16.3. The molecular formula is C23H29N3O3. The Morgan fingerprint density at radius 3 is 2.66 bits per heavy atom. The fourth-order valence-electron chi connectivity index (χ4n) is 5.20. The molecule has 0 bridgehead atoms. The van der Waals surface area contributed by atoms with Crippen LogP contribution in [0, 0.1) is 11.8 Å². The number of likely N-dealkylation sites (tertiary alicyclic amines) is 1. The average molecular weight is 396 g/mol. The molecule has 0 spiro atoms. The maximum absolute atomic E-state index is 13.4. The predicted molar refractivity (Wildman–Crippen MR) is 111 cm³/mol. The van der Waals surface area contributed by atoms with Gasteiger partial charge in [0.15, 0.2) is 0 Å². The number of amides is 1. The molecule has 6 nitrogen and oxygen atoms in total. The van der Waals surface area contributed by atoms with Gasteiger partial charge in [-0.2, -0.15) is 0 Å². The summed E-state index contributed by atoms with van der Waals surface area (Å²) in [6, 6.07) is 14.7. The third kappa shape index (κ3) is 3.40. The Balaban J connectivity index is 1.64. The summed E-state index contributed by atoms with van der Waals surface area (Å²) in [5.41, 5.74) is 2.00. The molecule has 2 aliphatic heterocycles. The first kappa shape index (κ1) is 19.9. The molecular weight excluding hydrogens is 366 g/mol. The normalized spacial score (nSPS) is 26.7. The lowest BCUT2D eigenvalue weighted by Crippen LogP contribution is -2.49. The van der Waals surface area contributed by atoms with Crippen molar-refractivity contribution >= 4 is 5.91 Å². The zero-order valence-electron chi connectivity index (χ0n) is 17.0. The first-order chi connectivity index (χ1) is 14.1. The highest BCUT2D eigenvalue weighted by Gasteiger charge is 2.55. The summed E-state index contributed by atoms with van der Waals surface area (Å²) in [6.45, 7) is 5.31. The van der Waals surface area contributed by atoms with Gasteiger partial charge in [0.1, 0.15) is 0 Å². The quantitative estimate of drug-likeness (QED) is 0.786. The van der Waals surface area contributed by atoms with Crippen LogP contribution in [0.4, 0.5) is 0 Å². The summed E-state index contributed by atoms with van der Waals surface area (Å²) >= 11 is 0. The van der Waals surface area contributed by atoms with Gasteiger partial charge in [-0.1, -0.05) is 43.3 Å². The van der Waals surface area contributed by atoms with Crippen molar-refractivity contribution in [2.75, 3.05) is 13.2 Å². The number of aliphatic hydroxyl groups is 1. The van der Waals surface area contributed by atoms with Crippen LogP contribution in [0.1, 0.15) is 43.6 Å². The first-order valence-corrected chi connectivity index (χ1v) is 10.5. The minimum absolute atomic E-state index is 0.0104. The SMILES string of the molecule is CCCN1[C@@H]2c3cccc(=O)n3C[C@@H]2[C@@H](CO)[C@@H]1C(=O)N[C@@H](C)c1ccccc1. The number of hydrogen-bond donors (Lipinski definition) is 2. The molecule has 2 aliphatic rings. The molecule has 6 heteroatoms. The third-order valence-corrected chi connectivity index (χ3v) is 6.48. The highest BCUT2D eigenvalue weighted by Crippen LogP contribution is 2.49. The molecule has 1 fully saturated rings. The van der Waals surface area contributed by atoms with Crippen molar-refractivity contribution in [3.05, 3.63) is 70.1 Å². The Bertz CT molecular complexity index is 926. The molecule has 0 radical (unpaired) electrons. The summed E-state index contributed by atoms with van der Waals surface area (Å²) in [6.07, 6.45) is 0.899. The second-order valence-corrected chi connectivity index (χ2v) is 8.18. The van der Waals surface area contributed by atoms with Gasteiger partial charge in [0.05, 0.1) is 18.1 Å². The monoisotopic (exact) mass is 395 g/mol. The van der Waals surface area contributed by atoms with Crippen molar-refractivity contribution < 1.29 is 9.90 Å². The predicted octanol–water partition coefficient (Wildman–Crippen LogP) is 2.10. The van der Waals surface area contributed by atoms with E-state index in [1.165, 1.54) is 0 Å². The van der Waals surface area contributed by atoms with E-state index in [0.29, 0.717) is 6.54 Å². The zero-order valence-corrected chi connectivity index (χ0v) is 17.0. The van der Waals surface area contributed by atoms with Gasteiger partial charge in [-0.15, -0.1) is 0 Å². The number of nitrogens with zero attached hydrogens (tertiary/aromatic N) is 2. The van der Waals surface area contributed by atoms with Gasteiger partial charge in [-0.25, -0.2) is 0 Å². The smallest absolute Gasteiger partial charge is 0.250 e. The number of aromatic nitrogens is 1. The van der Waals surface area contributed by atoms with Crippen molar-refractivity contribution in [3.8, 4) is 0 Å². The number of carbonyl (C=O) groups is 1. The molecule has 0 unspecified atom stereocenters. The summed E-state index contributed by atoms with van der Waals surface area (Å²) in [5, 5.41) is 13.4. The minimum atomic E-state index is -0.398. The Labute approximate surface area is 171 Å². The van der Waals surface area contributed by atoms with Crippen molar-refractivity contribution in [1.29, 1.82) is 0 Å². The van der Waals surface area contributed by atoms with E-state index in [-0.39, 0.29) is 42.0 Å². The Morgan fingerprint density at radius 1 is 1.21 bits per heavy atom. The third-order valence-electron chi connectivity index (χ3n) is 6.48. The van der Waals surface area contributed by atoms with Gasteiger partial charge in [0, 0.05) is 36.7 Å². The molecule has 3 heterocycles. The largest absolute Gasteiger partial charge is 0.396 e. The van der Waals surface area contributed by atoms with Crippen LogP contribution in [0.5, 0.6) is 0 Å². The minimum Gasteiger partial charge on any atom is -0.396 e. The molecule has 1 aromatic carbocycles. The van der Waals surface area contributed by atoms with E-state index in [2.05, 4.69) is 17.1 Å². The first-order valence-electron chi connectivity index (χ1n) is 10.5. The van der Waals surface area contributed by atoms with Gasteiger partial charge in [-0.05, 0) is 31.5 Å². The molecule has 0 saturated carbocycles. The van der Waals surface area contributed by atoms with E-state index in [4.69, 9.17) is 0 Å². The molecule has 154 valence electrons. The lowest BCUT2D eigenvalue weighted by Gasteiger charge is -2.31. The second kappa shape index (κ2) is 8.13. The molecule has 1 aromatic heterocycles. The van der Waals surface area contributed by atoms with Crippen molar-refractivity contribution in [2.45, 2.75) is 44.9 Å². The van der Waals surface area contributed by atoms with Crippen LogP contribution in [0.3, 0.4) is 0 Å². The van der Waals surface area contributed by atoms with Crippen LogP contribution in [0.2, 0.25) is 0 Å². The van der Waals surface area contributed by atoms with Gasteiger partial charge in [0.25, 0.3) is 5.56 Å². The van der Waals surface area contributed by atoms with E-state index in [9.17, 15) is 14.7 Å². The summed E-state index contributed by atoms with van der Waals surface area (Å²) in [7, 11) is 0. The van der Waals surface area contributed by atoms with Gasteiger partial charge in [0.2, 0.25) is 5.91 Å². The van der Waals surface area contributed by atoms with Crippen molar-refractivity contribution in [3.63, 3.8) is 0 Å². The maximum atomic E-state index is 13.4. The lowest BCUT2D eigenvalue weighted by atomic mass is 9.88. The molecule has 29 heavy (non-hydrogen) atoms. The van der Waals surface area contributed by atoms with E-state index < -0.39 is 6.04 Å². The molecule has 1 amide bonds. The molecule has 4 rings (SSSR count). The van der Waals surface area contributed by atoms with E-state index >= 15 is 0 Å². The Kier molecular flexibility index (Phi) is 5.56. The van der Waals surface area contributed by atoms with Crippen molar-refractivity contribution in [2.24, 2.45) is 11.8 Å². The van der Waals surface area contributed by atoms with Crippen LogP contribution >= 0.6 is 0 Å². The lowest BCUT2D eigenvalue weighted by molar-refractivity contribution is -0.128. The second-order valence-electron chi connectivity index (χ2n) is 8.18. The maximum Gasteiger partial charge on any atom is 0.250 e. The molecule has 0 aliphatic carbocycles. The van der Waals surface area contributed by atoms with E-state index in [1.54, 1.807) is 16.7 Å². The van der Waals surface area contributed by atoms with E-state index in [1.807, 2.05) is 43.3 Å². The molecule has 1 saturated heterocycles. The van der Waals surface area contributed by atoms with Crippen LogP contribution in [0.25, 0.3) is 0 Å². The highest BCUT2D eigenvalue weighted by molar-refractivity contribution is 5.83. The van der Waals surface area contributed by atoms with Gasteiger partial charge >= 0.3 is 0 Å². The fourth-order valence-corrected chi connectivity index (χ4v) is 5.20. The number of hydrogen-bond acceptors (Lipinski definition) is 4. The fraction of sp³-hybridized carbons (Fsp3) is 0.478. The number of aliphatic hydroxyl groups excluding tert-OH is 1. The van der Waals surface area contributed by atoms with Crippen LogP contribution in [-0.2, 0) is 11.3 Å². The Hall–Kier alpha value is -2.44. The number of nitrogens with one attached hydrogen (secondary N) is 1. The van der Waals surface area contributed by atoms with Crippen LogP contribution in [-0.4, -0.2) is 39.7 Å².